The highest BCUT2D eigenvalue weighted by Crippen LogP contribution is 2.23. The molecule has 0 saturated carbocycles. The summed E-state index contributed by atoms with van der Waals surface area (Å²) in [6.45, 7) is 6.41. The highest BCUT2D eigenvalue weighted by Gasteiger charge is 2.20. The smallest absolute Gasteiger partial charge is 0.243 e. The van der Waals surface area contributed by atoms with Crippen LogP contribution in [-0.4, -0.2) is 66.7 Å². The molecule has 2 aromatic carbocycles. The van der Waals surface area contributed by atoms with Crippen molar-refractivity contribution in [1.29, 1.82) is 0 Å². The fourth-order valence-corrected chi connectivity index (χ4v) is 4.90. The third-order valence-corrected chi connectivity index (χ3v) is 7.82. The van der Waals surface area contributed by atoms with Crippen molar-refractivity contribution in [2.24, 2.45) is 0 Å². The van der Waals surface area contributed by atoms with E-state index >= 15 is 0 Å². The molecule has 1 N–H and O–H groups in total. The summed E-state index contributed by atoms with van der Waals surface area (Å²) in [4.78, 5) is 31.4. The predicted octanol–water partition coefficient (Wildman–Crippen LogP) is 2.95. The lowest BCUT2D eigenvalue weighted by Crippen LogP contribution is -2.35. The Morgan fingerprint density at radius 3 is 2.31 bits per heavy atom. The molecule has 0 spiro atoms. The SMILES string of the molecule is CCn1c(CCC(=O)N(C)CC(=O)Nc2c(C)cccc2C)nc2cc(S(=O)(=O)N(C)C)ccc21. The number of hydrogen-bond donors (Lipinski definition) is 1. The molecule has 0 radical (unpaired) electrons. The minimum atomic E-state index is -3.57. The number of rotatable bonds is 9. The Balaban J connectivity index is 1.69. The quantitative estimate of drug-likeness (QED) is 0.487. The van der Waals surface area contributed by atoms with Gasteiger partial charge in [-0.2, -0.15) is 0 Å². The Labute approximate surface area is 206 Å². The van der Waals surface area contributed by atoms with Gasteiger partial charge in [0.25, 0.3) is 0 Å². The number of amides is 2. The summed E-state index contributed by atoms with van der Waals surface area (Å²) >= 11 is 0. The zero-order chi connectivity index (χ0) is 25.9. The molecule has 1 heterocycles. The molecule has 10 heteroatoms. The van der Waals surface area contributed by atoms with E-state index in [-0.39, 0.29) is 29.7 Å². The highest BCUT2D eigenvalue weighted by atomic mass is 32.2. The number of aromatic nitrogens is 2. The van der Waals surface area contributed by atoms with Crippen LogP contribution in [0.25, 0.3) is 11.0 Å². The van der Waals surface area contributed by atoms with Gasteiger partial charge in [-0.3, -0.25) is 9.59 Å². The summed E-state index contributed by atoms with van der Waals surface area (Å²) in [5.74, 6) is 0.268. The van der Waals surface area contributed by atoms with Crippen LogP contribution in [0, 0.1) is 13.8 Å². The van der Waals surface area contributed by atoms with Crippen molar-refractivity contribution in [1.82, 2.24) is 18.8 Å². The lowest BCUT2D eigenvalue weighted by Gasteiger charge is -2.18. The van der Waals surface area contributed by atoms with Gasteiger partial charge in [0.05, 0.1) is 22.5 Å². The predicted molar refractivity (Wildman–Crippen MR) is 137 cm³/mol. The molecule has 2 amide bonds. The fourth-order valence-electron chi connectivity index (χ4n) is 3.98. The molecule has 1 aromatic heterocycles. The van der Waals surface area contributed by atoms with Crippen molar-refractivity contribution in [3.8, 4) is 0 Å². The lowest BCUT2D eigenvalue weighted by molar-refractivity contribution is -0.133. The van der Waals surface area contributed by atoms with Crippen LogP contribution in [0.2, 0.25) is 0 Å². The van der Waals surface area contributed by atoms with Crippen molar-refractivity contribution in [2.45, 2.75) is 45.1 Å². The minimum absolute atomic E-state index is 0.0530. The largest absolute Gasteiger partial charge is 0.336 e. The van der Waals surface area contributed by atoms with Crippen molar-refractivity contribution in [3.63, 3.8) is 0 Å². The van der Waals surface area contributed by atoms with Crippen LogP contribution in [0.3, 0.4) is 0 Å². The number of carbonyl (C=O) groups is 2. The first-order valence-corrected chi connectivity index (χ1v) is 12.9. The molecule has 0 bridgehead atoms. The van der Waals surface area contributed by atoms with Crippen molar-refractivity contribution < 1.29 is 18.0 Å². The number of fused-ring (bicyclic) bond motifs is 1. The molecular formula is C25H33N5O4S. The summed E-state index contributed by atoms with van der Waals surface area (Å²) in [5.41, 5.74) is 4.08. The number of hydrogen-bond acceptors (Lipinski definition) is 5. The standard InChI is InChI=1S/C25H33N5O4S/c1-7-30-21-12-11-19(35(33,34)28(4)5)15-20(21)26-22(30)13-14-24(32)29(6)16-23(31)27-25-17(2)9-8-10-18(25)3/h8-12,15H,7,13-14,16H2,1-6H3,(H,27,31). The van der Waals surface area contributed by atoms with Gasteiger partial charge in [-0.25, -0.2) is 17.7 Å². The first-order chi connectivity index (χ1) is 16.4. The van der Waals surface area contributed by atoms with E-state index in [4.69, 9.17) is 0 Å². The van der Waals surface area contributed by atoms with Crippen molar-refractivity contribution >= 4 is 38.6 Å². The zero-order valence-electron chi connectivity index (χ0n) is 21.1. The minimum Gasteiger partial charge on any atom is -0.336 e. The summed E-state index contributed by atoms with van der Waals surface area (Å²) < 4.78 is 28.1. The second-order valence-electron chi connectivity index (χ2n) is 8.78. The topological polar surface area (TPSA) is 105 Å². The van der Waals surface area contributed by atoms with Crippen molar-refractivity contribution in [3.05, 3.63) is 53.3 Å². The van der Waals surface area contributed by atoms with Gasteiger partial charge < -0.3 is 14.8 Å². The Hall–Kier alpha value is -3.24. The van der Waals surface area contributed by atoms with Crippen LogP contribution >= 0.6 is 0 Å². The molecule has 0 aliphatic heterocycles. The van der Waals surface area contributed by atoms with Gasteiger partial charge in [0, 0.05) is 46.2 Å². The first kappa shape index (κ1) is 26.4. The molecule has 0 atom stereocenters. The average Bonchev–Trinajstić information content (AvgIpc) is 3.16. The highest BCUT2D eigenvalue weighted by molar-refractivity contribution is 7.89. The number of nitrogens with zero attached hydrogens (tertiary/aromatic N) is 4. The third-order valence-electron chi connectivity index (χ3n) is 6.01. The van der Waals surface area contributed by atoms with E-state index in [9.17, 15) is 18.0 Å². The molecule has 0 aliphatic carbocycles. The second-order valence-corrected chi connectivity index (χ2v) is 10.9. The van der Waals surface area contributed by atoms with Crippen LogP contribution in [0.1, 0.15) is 30.3 Å². The molecule has 35 heavy (non-hydrogen) atoms. The van der Waals surface area contributed by atoms with Crippen LogP contribution in [0.4, 0.5) is 5.69 Å². The Morgan fingerprint density at radius 2 is 1.71 bits per heavy atom. The number of para-hydroxylation sites is 1. The number of carbonyl (C=O) groups excluding carboxylic acids is 2. The van der Waals surface area contributed by atoms with E-state index in [2.05, 4.69) is 10.3 Å². The molecule has 0 saturated heterocycles. The summed E-state index contributed by atoms with van der Waals surface area (Å²) in [5, 5.41) is 2.90. The number of benzene rings is 2. The van der Waals surface area contributed by atoms with E-state index < -0.39 is 10.0 Å². The molecule has 0 unspecified atom stereocenters. The second kappa shape index (κ2) is 10.6. The zero-order valence-corrected chi connectivity index (χ0v) is 21.9. The molecule has 0 fully saturated rings. The number of nitrogens with one attached hydrogen (secondary N) is 1. The van der Waals surface area contributed by atoms with Gasteiger partial charge in [-0.05, 0) is 50.1 Å². The normalized spacial score (nSPS) is 11.7. The van der Waals surface area contributed by atoms with Gasteiger partial charge >= 0.3 is 0 Å². The number of aryl methyl sites for hydroxylation is 4. The third kappa shape index (κ3) is 5.71. The van der Waals surface area contributed by atoms with Crippen LogP contribution < -0.4 is 5.32 Å². The Morgan fingerprint density at radius 1 is 1.06 bits per heavy atom. The molecule has 9 nitrogen and oxygen atoms in total. The molecular weight excluding hydrogens is 466 g/mol. The van der Waals surface area contributed by atoms with Crippen LogP contribution in [0.5, 0.6) is 0 Å². The molecule has 0 aliphatic rings. The maximum Gasteiger partial charge on any atom is 0.243 e. The van der Waals surface area contributed by atoms with Gasteiger partial charge in [-0.1, -0.05) is 18.2 Å². The first-order valence-electron chi connectivity index (χ1n) is 11.5. The van der Waals surface area contributed by atoms with Crippen LogP contribution in [0.15, 0.2) is 41.3 Å². The Kier molecular flexibility index (Phi) is 7.97. The van der Waals surface area contributed by atoms with Gasteiger partial charge in [0.15, 0.2) is 0 Å². The van der Waals surface area contributed by atoms with E-state index in [1.807, 2.05) is 43.5 Å². The maximum atomic E-state index is 12.7. The van der Waals surface area contributed by atoms with E-state index in [1.165, 1.54) is 19.0 Å². The molecule has 3 aromatic rings. The molecule has 188 valence electrons. The number of imidazole rings is 1. The monoisotopic (exact) mass is 499 g/mol. The van der Waals surface area contributed by atoms with Gasteiger partial charge in [-0.15, -0.1) is 0 Å². The van der Waals surface area contributed by atoms with E-state index in [0.717, 1.165) is 26.6 Å². The van der Waals surface area contributed by atoms with Crippen molar-refractivity contribution in [2.75, 3.05) is 33.0 Å². The summed E-state index contributed by atoms with van der Waals surface area (Å²) in [7, 11) is 1.01. The average molecular weight is 500 g/mol. The van der Waals surface area contributed by atoms with Gasteiger partial charge in [0.2, 0.25) is 21.8 Å². The molecule has 3 rings (SSSR count). The lowest BCUT2D eigenvalue weighted by atomic mass is 10.1. The summed E-state index contributed by atoms with van der Waals surface area (Å²) in [6.07, 6.45) is 0.555. The number of sulfonamides is 1. The van der Waals surface area contributed by atoms with Crippen LogP contribution in [-0.2, 0) is 32.6 Å². The maximum absolute atomic E-state index is 12.7. The number of anilines is 1. The van der Waals surface area contributed by atoms with Gasteiger partial charge in [0.1, 0.15) is 5.82 Å². The van der Waals surface area contributed by atoms with E-state index in [1.54, 1.807) is 25.2 Å². The summed E-state index contributed by atoms with van der Waals surface area (Å²) in [6, 6.07) is 10.7. The van der Waals surface area contributed by atoms with E-state index in [0.29, 0.717) is 24.3 Å². The Bertz CT molecular complexity index is 1340. The number of likely N-dealkylation sites (N-methyl/N-ethyl adjacent to an activating group) is 1. The fraction of sp³-hybridized carbons (Fsp3) is 0.400.